The molecule has 0 N–H and O–H groups in total. The van der Waals surface area contributed by atoms with Gasteiger partial charge in [-0.2, -0.15) is 0 Å². The molecule has 0 unspecified atom stereocenters. The van der Waals surface area contributed by atoms with E-state index in [1.54, 1.807) is 0 Å². The van der Waals surface area contributed by atoms with Crippen molar-refractivity contribution >= 4 is 0 Å². The van der Waals surface area contributed by atoms with Crippen molar-refractivity contribution in [2.24, 2.45) is 0 Å². The highest BCUT2D eigenvalue weighted by atomic mass is 19.4. The van der Waals surface area contributed by atoms with E-state index in [1.807, 2.05) is 0 Å². The van der Waals surface area contributed by atoms with Crippen LogP contribution in [0, 0.1) is 6.92 Å². The van der Waals surface area contributed by atoms with Crippen molar-refractivity contribution in [3.8, 4) is 17.2 Å². The molecular formula is C10H5F9O3. The van der Waals surface area contributed by atoms with Gasteiger partial charge >= 0.3 is 19.1 Å². The lowest BCUT2D eigenvalue weighted by atomic mass is 10.2. The van der Waals surface area contributed by atoms with Crippen molar-refractivity contribution in [2.75, 3.05) is 0 Å². The number of benzene rings is 1. The van der Waals surface area contributed by atoms with E-state index in [0.717, 1.165) is 6.92 Å². The molecule has 1 aromatic rings. The molecule has 12 heteroatoms. The first kappa shape index (κ1) is 18.0. The molecule has 0 fully saturated rings. The predicted octanol–water partition coefficient (Wildman–Crippen LogP) is 4.69. The van der Waals surface area contributed by atoms with Crippen molar-refractivity contribution in [3.05, 3.63) is 17.7 Å². The van der Waals surface area contributed by atoms with E-state index >= 15 is 0 Å². The summed E-state index contributed by atoms with van der Waals surface area (Å²) in [7, 11) is 0. The molecule has 0 aliphatic heterocycles. The molecule has 0 amide bonds. The fourth-order valence-electron chi connectivity index (χ4n) is 1.29. The Balaban J connectivity index is 3.30. The van der Waals surface area contributed by atoms with Gasteiger partial charge in [0.25, 0.3) is 0 Å². The molecular weight excluding hydrogens is 339 g/mol. The molecule has 0 spiro atoms. The third-order valence-corrected chi connectivity index (χ3v) is 1.97. The van der Waals surface area contributed by atoms with Crippen LogP contribution in [0.15, 0.2) is 12.1 Å². The molecule has 0 atom stereocenters. The first-order valence-electron chi connectivity index (χ1n) is 5.08. The van der Waals surface area contributed by atoms with E-state index in [-0.39, 0.29) is 12.1 Å². The van der Waals surface area contributed by atoms with Crippen LogP contribution >= 0.6 is 0 Å². The summed E-state index contributed by atoms with van der Waals surface area (Å²) in [4.78, 5) is 0. The summed E-state index contributed by atoms with van der Waals surface area (Å²) in [5, 5.41) is 0. The highest BCUT2D eigenvalue weighted by molar-refractivity contribution is 5.50. The Morgan fingerprint density at radius 1 is 0.636 bits per heavy atom. The van der Waals surface area contributed by atoms with Gasteiger partial charge in [-0.15, -0.1) is 39.5 Å². The third kappa shape index (κ3) is 6.18. The summed E-state index contributed by atoms with van der Waals surface area (Å²) < 4.78 is 119. The Kier molecular flexibility index (Phi) is 4.63. The summed E-state index contributed by atoms with van der Waals surface area (Å²) in [5.41, 5.74) is -0.816. The van der Waals surface area contributed by atoms with E-state index in [0.29, 0.717) is 0 Å². The van der Waals surface area contributed by atoms with Crippen LogP contribution in [-0.2, 0) is 0 Å². The summed E-state index contributed by atoms with van der Waals surface area (Å²) >= 11 is 0. The van der Waals surface area contributed by atoms with Crippen LogP contribution < -0.4 is 14.2 Å². The maximum absolute atomic E-state index is 12.1. The summed E-state index contributed by atoms with van der Waals surface area (Å²) in [6.45, 7) is 0.736. The number of hydrogen-bond acceptors (Lipinski definition) is 3. The largest absolute Gasteiger partial charge is 0.573 e. The maximum atomic E-state index is 12.1. The monoisotopic (exact) mass is 344 g/mol. The first-order valence-corrected chi connectivity index (χ1v) is 5.08. The lowest BCUT2D eigenvalue weighted by Crippen LogP contribution is -2.21. The molecule has 0 bridgehead atoms. The minimum Gasteiger partial charge on any atom is -0.406 e. The molecule has 0 saturated carbocycles. The van der Waals surface area contributed by atoms with Crippen LogP contribution in [0.4, 0.5) is 39.5 Å². The highest BCUT2D eigenvalue weighted by Crippen LogP contribution is 2.39. The van der Waals surface area contributed by atoms with Gasteiger partial charge in [0.15, 0.2) is 0 Å². The van der Waals surface area contributed by atoms with Crippen molar-refractivity contribution in [3.63, 3.8) is 0 Å². The number of alkyl halides is 9. The second kappa shape index (κ2) is 5.65. The van der Waals surface area contributed by atoms with Crippen LogP contribution in [0.2, 0.25) is 0 Å². The molecule has 126 valence electrons. The quantitative estimate of drug-likeness (QED) is 0.745. The zero-order valence-electron chi connectivity index (χ0n) is 10.3. The van der Waals surface area contributed by atoms with Crippen LogP contribution in [0.5, 0.6) is 17.2 Å². The summed E-state index contributed by atoms with van der Waals surface area (Å²) in [6, 6.07) is 0.277. The van der Waals surface area contributed by atoms with E-state index in [1.165, 1.54) is 0 Å². The average Bonchev–Trinajstić information content (AvgIpc) is 2.18. The number of halogens is 9. The minimum atomic E-state index is -5.34. The van der Waals surface area contributed by atoms with Gasteiger partial charge in [0.05, 0.1) is 0 Å². The lowest BCUT2D eigenvalue weighted by molar-refractivity contribution is -0.278. The Morgan fingerprint density at radius 2 is 0.955 bits per heavy atom. The van der Waals surface area contributed by atoms with Gasteiger partial charge < -0.3 is 14.2 Å². The van der Waals surface area contributed by atoms with Crippen molar-refractivity contribution in [1.29, 1.82) is 0 Å². The fourth-order valence-corrected chi connectivity index (χ4v) is 1.29. The standard InChI is InChI=1S/C10H5F9O3/c1-4-6(21-9(14,15)16)2-5(20-8(11,12)13)3-7(4)22-10(17,18)19/h2-3H,1H3. The van der Waals surface area contributed by atoms with Crippen LogP contribution in [-0.4, -0.2) is 19.1 Å². The van der Waals surface area contributed by atoms with E-state index in [4.69, 9.17) is 0 Å². The Labute approximate surface area is 116 Å². The minimum absolute atomic E-state index is 0.138. The van der Waals surface area contributed by atoms with Gasteiger partial charge in [-0.05, 0) is 6.92 Å². The van der Waals surface area contributed by atoms with E-state index < -0.39 is 41.9 Å². The second-order valence-electron chi connectivity index (χ2n) is 3.69. The van der Waals surface area contributed by atoms with Gasteiger partial charge in [-0.1, -0.05) is 0 Å². The SMILES string of the molecule is Cc1c(OC(F)(F)F)cc(OC(F)(F)F)cc1OC(F)(F)F. The van der Waals surface area contributed by atoms with Crippen LogP contribution in [0.25, 0.3) is 0 Å². The van der Waals surface area contributed by atoms with Gasteiger partial charge in [-0.25, -0.2) is 0 Å². The third-order valence-electron chi connectivity index (χ3n) is 1.97. The molecule has 0 aliphatic carbocycles. The lowest BCUT2D eigenvalue weighted by Gasteiger charge is -2.18. The van der Waals surface area contributed by atoms with Gasteiger partial charge in [0, 0.05) is 17.7 Å². The Bertz CT molecular complexity index is 493. The highest BCUT2D eigenvalue weighted by Gasteiger charge is 2.37. The topological polar surface area (TPSA) is 27.7 Å². The van der Waals surface area contributed by atoms with E-state index in [2.05, 4.69) is 14.2 Å². The molecule has 0 aliphatic rings. The molecule has 0 aromatic heterocycles. The number of ether oxygens (including phenoxy) is 3. The maximum Gasteiger partial charge on any atom is 0.573 e. The van der Waals surface area contributed by atoms with Gasteiger partial charge in [-0.3, -0.25) is 0 Å². The Morgan fingerprint density at radius 3 is 1.23 bits per heavy atom. The van der Waals surface area contributed by atoms with Crippen molar-refractivity contribution < 1.29 is 53.7 Å². The molecule has 0 saturated heterocycles. The van der Waals surface area contributed by atoms with Gasteiger partial charge in [0.1, 0.15) is 17.2 Å². The zero-order valence-corrected chi connectivity index (χ0v) is 10.3. The second-order valence-corrected chi connectivity index (χ2v) is 3.69. The molecule has 0 radical (unpaired) electrons. The number of rotatable bonds is 3. The molecule has 0 heterocycles. The molecule has 22 heavy (non-hydrogen) atoms. The van der Waals surface area contributed by atoms with Crippen molar-refractivity contribution in [2.45, 2.75) is 26.0 Å². The zero-order chi connectivity index (χ0) is 17.3. The normalized spacial score (nSPS) is 13.0. The number of hydrogen-bond donors (Lipinski definition) is 0. The predicted molar refractivity (Wildman–Crippen MR) is 51.2 cm³/mol. The molecule has 1 rings (SSSR count). The smallest absolute Gasteiger partial charge is 0.406 e. The van der Waals surface area contributed by atoms with Crippen LogP contribution in [0.1, 0.15) is 5.56 Å². The summed E-state index contributed by atoms with van der Waals surface area (Å²) in [5.74, 6) is -4.02. The Hall–Kier alpha value is -2.01. The van der Waals surface area contributed by atoms with Gasteiger partial charge in [0.2, 0.25) is 0 Å². The fraction of sp³-hybridized carbons (Fsp3) is 0.400. The van der Waals surface area contributed by atoms with Crippen molar-refractivity contribution in [1.82, 2.24) is 0 Å². The molecule has 1 aromatic carbocycles. The first-order chi connectivity index (χ1) is 9.66. The van der Waals surface area contributed by atoms with Crippen LogP contribution in [0.3, 0.4) is 0 Å². The summed E-state index contributed by atoms with van der Waals surface area (Å²) in [6.07, 6.45) is -16.0. The average molecular weight is 344 g/mol. The van der Waals surface area contributed by atoms with E-state index in [9.17, 15) is 39.5 Å². The molecule has 3 nitrogen and oxygen atoms in total.